The van der Waals surface area contributed by atoms with Gasteiger partial charge in [0.2, 0.25) is 0 Å². The van der Waals surface area contributed by atoms with Gasteiger partial charge in [0.25, 0.3) is 5.91 Å². The molecule has 7 nitrogen and oxygen atoms in total. The molecule has 0 radical (unpaired) electrons. The van der Waals surface area contributed by atoms with Crippen molar-refractivity contribution in [2.45, 2.75) is 6.04 Å². The molecule has 7 heteroatoms. The Morgan fingerprint density at radius 1 is 1.20 bits per heavy atom. The van der Waals surface area contributed by atoms with Gasteiger partial charge in [0.05, 0.1) is 7.11 Å². The molecular formula is C23H25N5O2. The van der Waals surface area contributed by atoms with Crippen molar-refractivity contribution in [3.05, 3.63) is 78.0 Å². The molecule has 0 saturated carbocycles. The van der Waals surface area contributed by atoms with Crippen LogP contribution in [0.25, 0.3) is 10.9 Å². The number of rotatable bonds is 6. The molecular weight excluding hydrogens is 378 g/mol. The predicted octanol–water partition coefficient (Wildman–Crippen LogP) is 3.50. The second-order valence-corrected chi connectivity index (χ2v) is 7.43. The molecule has 4 rings (SSSR count). The number of fused-ring (bicyclic) bond motifs is 1. The highest BCUT2D eigenvalue weighted by Crippen LogP contribution is 2.26. The Morgan fingerprint density at radius 2 is 2.03 bits per heavy atom. The van der Waals surface area contributed by atoms with Crippen LogP contribution in [0, 0.1) is 0 Å². The molecule has 30 heavy (non-hydrogen) atoms. The van der Waals surface area contributed by atoms with Crippen LogP contribution in [0.4, 0.5) is 5.69 Å². The zero-order chi connectivity index (χ0) is 21.3. The van der Waals surface area contributed by atoms with E-state index >= 15 is 0 Å². The van der Waals surface area contributed by atoms with E-state index in [1.54, 1.807) is 13.3 Å². The number of aromatic nitrogens is 3. The Morgan fingerprint density at radius 3 is 2.73 bits per heavy atom. The molecule has 2 aromatic heterocycles. The summed E-state index contributed by atoms with van der Waals surface area (Å²) >= 11 is 0. The number of amides is 1. The fraction of sp³-hybridized carbons (Fsp3) is 0.217. The summed E-state index contributed by atoms with van der Waals surface area (Å²) in [4.78, 5) is 22.9. The Bertz CT molecular complexity index is 1190. The number of nitrogens with one attached hydrogen (secondary N) is 2. The Labute approximate surface area is 175 Å². The standard InChI is InChI=1S/C23H25N5O2/c1-27(2)17-9-8-15-13-20(25-19(15)14-17)23(29)26-21(22-24-10-11-28(22)3)16-6-5-7-18(12-16)30-4/h5-14,21,25H,1-4H3,(H,26,29)/t21-/m1/s1. The highest BCUT2D eigenvalue weighted by molar-refractivity contribution is 5.99. The van der Waals surface area contributed by atoms with Crippen LogP contribution < -0.4 is 15.0 Å². The first kappa shape index (κ1) is 19.6. The van der Waals surface area contributed by atoms with Crippen LogP contribution in [0.5, 0.6) is 5.75 Å². The Hall–Kier alpha value is -3.74. The summed E-state index contributed by atoms with van der Waals surface area (Å²) in [6.07, 6.45) is 3.58. The third-order valence-electron chi connectivity index (χ3n) is 5.19. The molecule has 0 fully saturated rings. The summed E-state index contributed by atoms with van der Waals surface area (Å²) in [7, 11) is 7.51. The number of hydrogen-bond acceptors (Lipinski definition) is 4. The van der Waals surface area contributed by atoms with Crippen LogP contribution in [-0.4, -0.2) is 41.6 Å². The summed E-state index contributed by atoms with van der Waals surface area (Å²) in [5.41, 5.74) is 3.38. The van der Waals surface area contributed by atoms with Crippen molar-refractivity contribution in [1.82, 2.24) is 19.9 Å². The van der Waals surface area contributed by atoms with E-state index in [1.807, 2.05) is 85.3 Å². The van der Waals surface area contributed by atoms with Gasteiger partial charge >= 0.3 is 0 Å². The smallest absolute Gasteiger partial charge is 0.268 e. The normalized spacial score (nSPS) is 12.0. The van der Waals surface area contributed by atoms with Crippen molar-refractivity contribution in [3.63, 3.8) is 0 Å². The molecule has 2 N–H and O–H groups in total. The van der Waals surface area contributed by atoms with Crippen molar-refractivity contribution < 1.29 is 9.53 Å². The molecule has 0 aliphatic rings. The molecule has 0 unspecified atom stereocenters. The third-order valence-corrected chi connectivity index (χ3v) is 5.19. The lowest BCUT2D eigenvalue weighted by Crippen LogP contribution is -2.31. The van der Waals surface area contributed by atoms with Crippen LogP contribution in [0.1, 0.15) is 27.9 Å². The van der Waals surface area contributed by atoms with Gasteiger partial charge in [-0.2, -0.15) is 0 Å². The van der Waals surface area contributed by atoms with E-state index in [-0.39, 0.29) is 5.91 Å². The molecule has 0 bridgehead atoms. The summed E-state index contributed by atoms with van der Waals surface area (Å²) in [5.74, 6) is 1.26. The maximum Gasteiger partial charge on any atom is 0.268 e. The minimum atomic E-state index is -0.420. The predicted molar refractivity (Wildman–Crippen MR) is 118 cm³/mol. The lowest BCUT2D eigenvalue weighted by Gasteiger charge is -2.19. The number of ether oxygens (including phenoxy) is 1. The number of carbonyl (C=O) groups is 1. The van der Waals surface area contributed by atoms with E-state index in [9.17, 15) is 4.79 Å². The van der Waals surface area contributed by atoms with Crippen molar-refractivity contribution in [3.8, 4) is 5.75 Å². The van der Waals surface area contributed by atoms with E-state index in [4.69, 9.17) is 4.74 Å². The lowest BCUT2D eigenvalue weighted by molar-refractivity contribution is 0.0937. The number of anilines is 1. The molecule has 154 valence electrons. The van der Waals surface area contributed by atoms with E-state index in [0.29, 0.717) is 5.69 Å². The van der Waals surface area contributed by atoms with Crippen LogP contribution in [0.2, 0.25) is 0 Å². The topological polar surface area (TPSA) is 75.2 Å². The lowest BCUT2D eigenvalue weighted by atomic mass is 10.1. The number of nitrogens with zero attached hydrogens (tertiary/aromatic N) is 3. The zero-order valence-corrected chi connectivity index (χ0v) is 17.5. The van der Waals surface area contributed by atoms with Gasteiger partial charge in [-0.05, 0) is 35.9 Å². The van der Waals surface area contributed by atoms with Crippen LogP contribution >= 0.6 is 0 Å². The van der Waals surface area contributed by atoms with Gasteiger partial charge in [-0.1, -0.05) is 18.2 Å². The maximum atomic E-state index is 13.2. The number of aryl methyl sites for hydroxylation is 1. The number of aromatic amines is 1. The van der Waals surface area contributed by atoms with Gasteiger partial charge < -0.3 is 24.5 Å². The maximum absolute atomic E-state index is 13.2. The van der Waals surface area contributed by atoms with E-state index in [1.165, 1.54) is 0 Å². The number of benzene rings is 2. The first-order chi connectivity index (χ1) is 14.5. The molecule has 2 aromatic carbocycles. The highest BCUT2D eigenvalue weighted by atomic mass is 16.5. The van der Waals surface area contributed by atoms with Crippen molar-refractivity contribution in [2.24, 2.45) is 7.05 Å². The molecule has 0 spiro atoms. The average Bonchev–Trinajstić information content (AvgIpc) is 3.37. The minimum absolute atomic E-state index is 0.201. The van der Waals surface area contributed by atoms with Crippen molar-refractivity contribution in [1.29, 1.82) is 0 Å². The number of carbonyl (C=O) groups excluding carboxylic acids is 1. The Kier molecular flexibility index (Phi) is 5.18. The fourth-order valence-electron chi connectivity index (χ4n) is 3.50. The SMILES string of the molecule is COc1cccc([C@@H](NC(=O)c2cc3ccc(N(C)C)cc3[nH]2)c2nccn2C)c1. The van der Waals surface area contributed by atoms with Gasteiger partial charge in [0.15, 0.2) is 0 Å². The first-order valence-corrected chi connectivity index (χ1v) is 9.68. The van der Waals surface area contributed by atoms with Gasteiger partial charge in [0, 0.05) is 50.1 Å². The van der Waals surface area contributed by atoms with Crippen LogP contribution in [0.3, 0.4) is 0 Å². The molecule has 2 heterocycles. The number of hydrogen-bond donors (Lipinski definition) is 2. The third kappa shape index (κ3) is 3.74. The molecule has 0 aliphatic carbocycles. The largest absolute Gasteiger partial charge is 0.497 e. The summed E-state index contributed by atoms with van der Waals surface area (Å²) < 4.78 is 7.26. The van der Waals surface area contributed by atoms with Gasteiger partial charge in [-0.15, -0.1) is 0 Å². The van der Waals surface area contributed by atoms with Crippen LogP contribution in [-0.2, 0) is 7.05 Å². The number of imidazole rings is 1. The molecule has 1 amide bonds. The van der Waals surface area contributed by atoms with Gasteiger partial charge in [0.1, 0.15) is 23.3 Å². The summed E-state index contributed by atoms with van der Waals surface area (Å²) in [6.45, 7) is 0. The molecule has 0 saturated heterocycles. The second kappa shape index (κ2) is 7.94. The van der Waals surface area contributed by atoms with Gasteiger partial charge in [-0.25, -0.2) is 4.98 Å². The number of methoxy groups -OCH3 is 1. The fourth-order valence-corrected chi connectivity index (χ4v) is 3.50. The highest BCUT2D eigenvalue weighted by Gasteiger charge is 2.23. The van der Waals surface area contributed by atoms with E-state index < -0.39 is 6.04 Å². The van der Waals surface area contributed by atoms with Gasteiger partial charge in [-0.3, -0.25) is 4.79 Å². The van der Waals surface area contributed by atoms with E-state index in [2.05, 4.69) is 15.3 Å². The second-order valence-electron chi connectivity index (χ2n) is 7.43. The monoisotopic (exact) mass is 403 g/mol. The minimum Gasteiger partial charge on any atom is -0.497 e. The first-order valence-electron chi connectivity index (χ1n) is 9.68. The summed E-state index contributed by atoms with van der Waals surface area (Å²) in [5, 5.41) is 4.11. The van der Waals surface area contributed by atoms with Crippen LogP contribution in [0.15, 0.2) is 60.9 Å². The Balaban J connectivity index is 1.68. The van der Waals surface area contributed by atoms with Crippen molar-refractivity contribution in [2.75, 3.05) is 26.1 Å². The quantitative estimate of drug-likeness (QED) is 0.517. The molecule has 4 aromatic rings. The number of H-pyrrole nitrogens is 1. The van der Waals surface area contributed by atoms with Crippen molar-refractivity contribution >= 4 is 22.5 Å². The zero-order valence-electron chi connectivity index (χ0n) is 17.5. The summed E-state index contributed by atoms with van der Waals surface area (Å²) in [6, 6.07) is 15.2. The average molecular weight is 403 g/mol. The molecule has 0 aliphatic heterocycles. The molecule has 1 atom stereocenters. The van der Waals surface area contributed by atoms with E-state index in [0.717, 1.165) is 33.7 Å².